The molecule has 1 saturated heterocycles. The second-order valence-corrected chi connectivity index (χ2v) is 5.39. The number of hydrogen-bond acceptors (Lipinski definition) is 3. The predicted molar refractivity (Wildman–Crippen MR) is 74.9 cm³/mol. The molecule has 0 amide bonds. The first-order chi connectivity index (χ1) is 8.67. The Morgan fingerprint density at radius 3 is 2.67 bits per heavy atom. The highest BCUT2D eigenvalue weighted by Crippen LogP contribution is 2.16. The minimum atomic E-state index is 0.580. The molecule has 0 aromatic heterocycles. The summed E-state index contributed by atoms with van der Waals surface area (Å²) in [5, 5.41) is 3.61. The van der Waals surface area contributed by atoms with E-state index in [0.717, 1.165) is 18.8 Å². The molecule has 0 saturated carbocycles. The van der Waals surface area contributed by atoms with Crippen LogP contribution in [0.15, 0.2) is 24.3 Å². The topological polar surface area (TPSA) is 24.5 Å². The van der Waals surface area contributed by atoms with E-state index < -0.39 is 0 Å². The predicted octanol–water partition coefficient (Wildman–Crippen LogP) is 2.27. The average molecular weight is 248 g/mol. The van der Waals surface area contributed by atoms with Crippen LogP contribution in [0.3, 0.4) is 0 Å². The van der Waals surface area contributed by atoms with E-state index in [1.165, 1.54) is 18.5 Å². The molecule has 3 heteroatoms. The lowest BCUT2D eigenvalue weighted by atomic mass is 10.2. The van der Waals surface area contributed by atoms with Gasteiger partial charge in [0.1, 0.15) is 5.75 Å². The zero-order chi connectivity index (χ0) is 13.0. The molecular weight excluding hydrogens is 224 g/mol. The smallest absolute Gasteiger partial charge is 0.118 e. The fraction of sp³-hybridized carbons (Fsp3) is 0.600. The third-order valence-corrected chi connectivity index (χ3v) is 3.41. The van der Waals surface area contributed by atoms with E-state index in [4.69, 9.17) is 4.74 Å². The van der Waals surface area contributed by atoms with Crippen molar-refractivity contribution in [3.63, 3.8) is 0 Å². The van der Waals surface area contributed by atoms with Crippen molar-refractivity contribution in [2.24, 2.45) is 0 Å². The number of methoxy groups -OCH3 is 1. The van der Waals surface area contributed by atoms with Gasteiger partial charge >= 0.3 is 0 Å². The highest BCUT2D eigenvalue weighted by atomic mass is 16.5. The highest BCUT2D eigenvalue weighted by Gasteiger charge is 2.22. The van der Waals surface area contributed by atoms with Gasteiger partial charge in [-0.15, -0.1) is 0 Å². The molecule has 18 heavy (non-hydrogen) atoms. The van der Waals surface area contributed by atoms with Crippen molar-refractivity contribution in [1.29, 1.82) is 0 Å². The van der Waals surface area contributed by atoms with E-state index in [1.807, 2.05) is 12.1 Å². The molecular formula is C15H24N2O. The molecule has 1 aromatic carbocycles. The van der Waals surface area contributed by atoms with Gasteiger partial charge in [0.15, 0.2) is 0 Å². The third-order valence-electron chi connectivity index (χ3n) is 3.41. The molecule has 1 fully saturated rings. The van der Waals surface area contributed by atoms with Crippen LogP contribution in [0, 0.1) is 0 Å². The normalized spacial score (nSPS) is 20.6. The molecule has 1 heterocycles. The van der Waals surface area contributed by atoms with Crippen LogP contribution in [0.25, 0.3) is 0 Å². The number of ether oxygens (including phenoxy) is 1. The second-order valence-electron chi connectivity index (χ2n) is 5.39. The zero-order valence-corrected chi connectivity index (χ0v) is 11.6. The largest absolute Gasteiger partial charge is 0.497 e. The molecule has 1 aromatic rings. The van der Waals surface area contributed by atoms with Crippen LogP contribution in [0.1, 0.15) is 25.8 Å². The molecule has 0 spiro atoms. The molecule has 1 atom stereocenters. The monoisotopic (exact) mass is 248 g/mol. The van der Waals surface area contributed by atoms with Crippen LogP contribution >= 0.6 is 0 Å². The highest BCUT2D eigenvalue weighted by molar-refractivity contribution is 5.27. The molecule has 0 bridgehead atoms. The molecule has 1 unspecified atom stereocenters. The van der Waals surface area contributed by atoms with Crippen molar-refractivity contribution in [2.75, 3.05) is 20.2 Å². The van der Waals surface area contributed by atoms with E-state index in [0.29, 0.717) is 12.1 Å². The second kappa shape index (κ2) is 6.21. The van der Waals surface area contributed by atoms with Crippen molar-refractivity contribution < 1.29 is 4.74 Å². The van der Waals surface area contributed by atoms with Crippen LogP contribution in [0.2, 0.25) is 0 Å². The maximum atomic E-state index is 5.18. The maximum absolute atomic E-state index is 5.18. The summed E-state index contributed by atoms with van der Waals surface area (Å²) >= 11 is 0. The minimum absolute atomic E-state index is 0.580. The van der Waals surface area contributed by atoms with E-state index >= 15 is 0 Å². The molecule has 3 nitrogen and oxygen atoms in total. The van der Waals surface area contributed by atoms with Crippen molar-refractivity contribution in [3.05, 3.63) is 29.8 Å². The Morgan fingerprint density at radius 2 is 2.06 bits per heavy atom. The van der Waals surface area contributed by atoms with Gasteiger partial charge in [0.25, 0.3) is 0 Å². The Bertz CT molecular complexity index is 361. The lowest BCUT2D eigenvalue weighted by molar-refractivity contribution is 0.317. The van der Waals surface area contributed by atoms with Gasteiger partial charge < -0.3 is 10.1 Å². The number of nitrogens with zero attached hydrogens (tertiary/aromatic N) is 1. The molecule has 2 rings (SSSR count). The summed E-state index contributed by atoms with van der Waals surface area (Å²) < 4.78 is 5.18. The Balaban J connectivity index is 1.83. The van der Waals surface area contributed by atoms with Gasteiger partial charge in [0.05, 0.1) is 7.11 Å². The van der Waals surface area contributed by atoms with Gasteiger partial charge in [-0.05, 0) is 24.1 Å². The van der Waals surface area contributed by atoms with E-state index in [-0.39, 0.29) is 0 Å². The third kappa shape index (κ3) is 3.72. The fourth-order valence-corrected chi connectivity index (χ4v) is 2.57. The maximum Gasteiger partial charge on any atom is 0.118 e. The van der Waals surface area contributed by atoms with Gasteiger partial charge in [-0.25, -0.2) is 0 Å². The molecule has 1 aliphatic rings. The lowest BCUT2D eigenvalue weighted by Gasteiger charge is -2.18. The number of hydrogen-bond donors (Lipinski definition) is 1. The standard InChI is InChI=1S/C15H24N2O/c1-12(2)16-14-8-9-17(11-14)10-13-4-6-15(18-3)7-5-13/h4-7,12,14,16H,8-11H2,1-3H3. The zero-order valence-electron chi connectivity index (χ0n) is 11.6. The number of likely N-dealkylation sites (tertiary alicyclic amines) is 1. The Kier molecular flexibility index (Phi) is 4.61. The Hall–Kier alpha value is -1.06. The lowest BCUT2D eigenvalue weighted by Crippen LogP contribution is -2.36. The molecule has 0 aliphatic carbocycles. The van der Waals surface area contributed by atoms with Crippen molar-refractivity contribution in [2.45, 2.75) is 38.9 Å². The summed E-state index contributed by atoms with van der Waals surface area (Å²) in [6.45, 7) is 7.82. The van der Waals surface area contributed by atoms with E-state index in [1.54, 1.807) is 7.11 Å². The SMILES string of the molecule is COc1ccc(CN2CCC(NC(C)C)C2)cc1. The first kappa shape index (κ1) is 13.4. The van der Waals surface area contributed by atoms with Crippen LogP contribution in [0.5, 0.6) is 5.75 Å². The summed E-state index contributed by atoms with van der Waals surface area (Å²) in [7, 11) is 1.71. The summed E-state index contributed by atoms with van der Waals surface area (Å²) in [6.07, 6.45) is 1.26. The van der Waals surface area contributed by atoms with Gasteiger partial charge in [-0.2, -0.15) is 0 Å². The van der Waals surface area contributed by atoms with Crippen molar-refractivity contribution in [1.82, 2.24) is 10.2 Å². The quantitative estimate of drug-likeness (QED) is 0.865. The fourth-order valence-electron chi connectivity index (χ4n) is 2.57. The van der Waals surface area contributed by atoms with Crippen LogP contribution in [-0.2, 0) is 6.54 Å². The molecule has 1 aliphatic heterocycles. The van der Waals surface area contributed by atoms with Gasteiger partial charge in [-0.3, -0.25) is 4.90 Å². The van der Waals surface area contributed by atoms with Gasteiger partial charge in [0.2, 0.25) is 0 Å². The number of benzene rings is 1. The molecule has 100 valence electrons. The van der Waals surface area contributed by atoms with Crippen molar-refractivity contribution in [3.8, 4) is 5.75 Å². The average Bonchev–Trinajstić information content (AvgIpc) is 2.76. The van der Waals surface area contributed by atoms with Crippen LogP contribution in [0.4, 0.5) is 0 Å². The van der Waals surface area contributed by atoms with E-state index in [2.05, 4.69) is 36.2 Å². The molecule has 1 N–H and O–H groups in total. The number of rotatable bonds is 5. The van der Waals surface area contributed by atoms with Crippen molar-refractivity contribution >= 4 is 0 Å². The Labute approximate surface area is 110 Å². The van der Waals surface area contributed by atoms with Crippen LogP contribution < -0.4 is 10.1 Å². The first-order valence-corrected chi connectivity index (χ1v) is 6.78. The summed E-state index contributed by atoms with van der Waals surface area (Å²) in [5.41, 5.74) is 1.36. The van der Waals surface area contributed by atoms with E-state index in [9.17, 15) is 0 Å². The van der Waals surface area contributed by atoms with Crippen LogP contribution in [-0.4, -0.2) is 37.2 Å². The summed E-state index contributed by atoms with van der Waals surface area (Å²) in [4.78, 5) is 2.52. The number of nitrogens with one attached hydrogen (secondary N) is 1. The van der Waals surface area contributed by atoms with Gasteiger partial charge in [0, 0.05) is 31.7 Å². The summed E-state index contributed by atoms with van der Waals surface area (Å²) in [5.74, 6) is 0.930. The first-order valence-electron chi connectivity index (χ1n) is 6.78. The van der Waals surface area contributed by atoms with Gasteiger partial charge in [-0.1, -0.05) is 26.0 Å². The molecule has 0 radical (unpaired) electrons. The minimum Gasteiger partial charge on any atom is -0.497 e. The summed E-state index contributed by atoms with van der Waals surface area (Å²) in [6, 6.07) is 9.62. The Morgan fingerprint density at radius 1 is 1.33 bits per heavy atom.